The molecule has 5 heteroatoms. The summed E-state index contributed by atoms with van der Waals surface area (Å²) in [6.45, 7) is 4.02. The fourth-order valence-corrected chi connectivity index (χ4v) is 3.01. The monoisotopic (exact) mass is 253 g/mol. The van der Waals surface area contributed by atoms with Gasteiger partial charge in [0.2, 0.25) is 5.91 Å². The van der Waals surface area contributed by atoms with Gasteiger partial charge in [0.25, 0.3) is 0 Å². The summed E-state index contributed by atoms with van der Waals surface area (Å²) in [6, 6.07) is 0. The number of carbonyl (C=O) groups excluding carboxylic acids is 1. The number of piperidine rings is 1. The van der Waals surface area contributed by atoms with Crippen LogP contribution < -0.4 is 5.73 Å². The van der Waals surface area contributed by atoms with Crippen molar-refractivity contribution < 1.29 is 4.79 Å². The lowest BCUT2D eigenvalue weighted by atomic mass is 9.96. The van der Waals surface area contributed by atoms with Crippen molar-refractivity contribution in [1.29, 1.82) is 0 Å². The van der Waals surface area contributed by atoms with Crippen LogP contribution in [-0.2, 0) is 4.79 Å². The smallest absolute Gasteiger partial charge is 0.226 e. The summed E-state index contributed by atoms with van der Waals surface area (Å²) in [4.78, 5) is 18.3. The van der Waals surface area contributed by atoms with E-state index in [2.05, 4.69) is 4.98 Å². The first-order chi connectivity index (χ1) is 8.22. The first-order valence-corrected chi connectivity index (χ1v) is 6.98. The summed E-state index contributed by atoms with van der Waals surface area (Å²) in [5.41, 5.74) is 5.53. The van der Waals surface area contributed by atoms with Crippen LogP contribution in [-0.4, -0.2) is 35.4 Å². The number of hydrogen-bond donors (Lipinski definition) is 1. The molecule has 0 aromatic carbocycles. The minimum atomic E-state index is -0.0496. The van der Waals surface area contributed by atoms with Crippen LogP contribution in [0, 0.1) is 5.92 Å². The zero-order chi connectivity index (χ0) is 12.3. The van der Waals surface area contributed by atoms with Crippen molar-refractivity contribution in [3.05, 3.63) is 16.6 Å². The number of aromatic nitrogens is 1. The average Bonchev–Trinajstić information content (AvgIpc) is 2.91. The highest BCUT2D eigenvalue weighted by Gasteiger charge is 2.26. The van der Waals surface area contributed by atoms with Crippen LogP contribution in [0.15, 0.2) is 11.6 Å². The van der Waals surface area contributed by atoms with Gasteiger partial charge >= 0.3 is 0 Å². The molecule has 2 rings (SSSR count). The Labute approximate surface area is 106 Å². The molecule has 0 radical (unpaired) electrons. The Morgan fingerprint density at radius 2 is 2.35 bits per heavy atom. The van der Waals surface area contributed by atoms with E-state index >= 15 is 0 Å². The van der Waals surface area contributed by atoms with Crippen molar-refractivity contribution in [2.24, 2.45) is 11.7 Å². The zero-order valence-corrected chi connectivity index (χ0v) is 10.9. The second-order valence-electron chi connectivity index (χ2n) is 4.61. The van der Waals surface area contributed by atoms with Crippen molar-refractivity contribution in [2.45, 2.75) is 25.7 Å². The van der Waals surface area contributed by atoms with E-state index < -0.39 is 0 Å². The van der Waals surface area contributed by atoms with Gasteiger partial charge in [0.15, 0.2) is 0 Å². The van der Waals surface area contributed by atoms with Gasteiger partial charge in [-0.25, -0.2) is 4.98 Å². The number of carbonyl (C=O) groups is 1. The average molecular weight is 253 g/mol. The van der Waals surface area contributed by atoms with Crippen LogP contribution in [0.3, 0.4) is 0 Å². The van der Waals surface area contributed by atoms with Crippen LogP contribution in [0.5, 0.6) is 0 Å². The number of nitrogens with zero attached hydrogens (tertiary/aromatic N) is 2. The predicted molar refractivity (Wildman–Crippen MR) is 68.9 cm³/mol. The Hall–Kier alpha value is -0.940. The topological polar surface area (TPSA) is 59.2 Å². The van der Waals surface area contributed by atoms with Crippen LogP contribution in [0.4, 0.5) is 0 Å². The molecule has 17 heavy (non-hydrogen) atoms. The fourth-order valence-electron chi connectivity index (χ4n) is 2.20. The van der Waals surface area contributed by atoms with E-state index in [4.69, 9.17) is 5.73 Å². The molecular weight excluding hydrogens is 234 g/mol. The summed E-state index contributed by atoms with van der Waals surface area (Å²) >= 11 is 1.72. The molecule has 1 fully saturated rings. The maximum Gasteiger partial charge on any atom is 0.226 e. The minimum Gasteiger partial charge on any atom is -0.342 e. The first kappa shape index (κ1) is 12.5. The number of thiazole rings is 1. The molecule has 94 valence electrons. The maximum absolute atomic E-state index is 12.0. The Morgan fingerprint density at radius 3 is 2.88 bits per heavy atom. The molecule has 1 aliphatic heterocycles. The zero-order valence-electron chi connectivity index (χ0n) is 10.1. The number of amides is 1. The van der Waals surface area contributed by atoms with E-state index in [1.165, 1.54) is 5.01 Å². The SMILES string of the molecule is CC(CN)C(=O)N1CCC(c2nccs2)CC1. The van der Waals surface area contributed by atoms with E-state index in [1.807, 2.05) is 23.4 Å². The lowest BCUT2D eigenvalue weighted by Crippen LogP contribution is -2.42. The third kappa shape index (κ3) is 2.84. The Bertz CT molecular complexity index is 358. The molecule has 0 aliphatic carbocycles. The molecule has 0 spiro atoms. The molecular formula is C12H19N3OS. The molecule has 2 N–H and O–H groups in total. The van der Waals surface area contributed by atoms with Gasteiger partial charge in [0, 0.05) is 43.0 Å². The minimum absolute atomic E-state index is 0.0496. The van der Waals surface area contributed by atoms with E-state index in [1.54, 1.807) is 11.3 Å². The van der Waals surface area contributed by atoms with Crippen LogP contribution >= 0.6 is 11.3 Å². The maximum atomic E-state index is 12.0. The normalized spacial score (nSPS) is 19.3. The fraction of sp³-hybridized carbons (Fsp3) is 0.667. The highest BCUT2D eigenvalue weighted by molar-refractivity contribution is 7.09. The Morgan fingerprint density at radius 1 is 1.65 bits per heavy atom. The second kappa shape index (κ2) is 5.60. The lowest BCUT2D eigenvalue weighted by Gasteiger charge is -2.32. The van der Waals surface area contributed by atoms with Gasteiger partial charge in [-0.3, -0.25) is 4.79 Å². The summed E-state index contributed by atoms with van der Waals surface area (Å²) in [7, 11) is 0. The number of rotatable bonds is 3. The van der Waals surface area contributed by atoms with Gasteiger partial charge in [0.05, 0.1) is 5.01 Å². The molecule has 1 saturated heterocycles. The predicted octanol–water partition coefficient (Wildman–Crippen LogP) is 1.44. The van der Waals surface area contributed by atoms with E-state index in [9.17, 15) is 4.79 Å². The van der Waals surface area contributed by atoms with Crippen molar-refractivity contribution >= 4 is 17.2 Å². The molecule has 1 amide bonds. The quantitative estimate of drug-likeness (QED) is 0.887. The van der Waals surface area contributed by atoms with Crippen LogP contribution in [0.25, 0.3) is 0 Å². The number of hydrogen-bond acceptors (Lipinski definition) is 4. The molecule has 4 nitrogen and oxygen atoms in total. The summed E-state index contributed by atoms with van der Waals surface area (Å²) in [5.74, 6) is 0.684. The molecule has 1 aliphatic rings. The van der Waals surface area contributed by atoms with Crippen molar-refractivity contribution in [3.63, 3.8) is 0 Å². The van der Waals surface area contributed by atoms with E-state index in [-0.39, 0.29) is 11.8 Å². The van der Waals surface area contributed by atoms with Gasteiger partial charge < -0.3 is 10.6 Å². The van der Waals surface area contributed by atoms with Gasteiger partial charge in [-0.05, 0) is 12.8 Å². The second-order valence-corrected chi connectivity index (χ2v) is 5.53. The summed E-state index contributed by atoms with van der Waals surface area (Å²) < 4.78 is 0. The highest BCUT2D eigenvalue weighted by atomic mass is 32.1. The highest BCUT2D eigenvalue weighted by Crippen LogP contribution is 2.29. The number of nitrogens with two attached hydrogens (primary N) is 1. The lowest BCUT2D eigenvalue weighted by molar-refractivity contribution is -0.135. The van der Waals surface area contributed by atoms with Crippen molar-refractivity contribution in [3.8, 4) is 0 Å². The summed E-state index contributed by atoms with van der Waals surface area (Å²) in [6.07, 6.45) is 3.90. The van der Waals surface area contributed by atoms with Crippen molar-refractivity contribution in [1.82, 2.24) is 9.88 Å². The van der Waals surface area contributed by atoms with Gasteiger partial charge in [-0.2, -0.15) is 0 Å². The molecule has 1 unspecified atom stereocenters. The third-order valence-corrected chi connectivity index (χ3v) is 4.32. The standard InChI is InChI=1S/C12H19N3OS/c1-9(8-13)12(16)15-5-2-10(3-6-15)11-14-4-7-17-11/h4,7,9-10H,2-3,5-6,8,13H2,1H3. The van der Waals surface area contributed by atoms with Crippen LogP contribution in [0.1, 0.15) is 30.7 Å². The van der Waals surface area contributed by atoms with Gasteiger partial charge in [-0.1, -0.05) is 6.92 Å². The molecule has 1 aromatic rings. The summed E-state index contributed by atoms with van der Waals surface area (Å²) in [5, 5.41) is 3.23. The largest absolute Gasteiger partial charge is 0.342 e. The van der Waals surface area contributed by atoms with E-state index in [0.717, 1.165) is 25.9 Å². The van der Waals surface area contributed by atoms with Crippen LogP contribution in [0.2, 0.25) is 0 Å². The molecule has 2 heterocycles. The molecule has 1 aromatic heterocycles. The Balaban J connectivity index is 1.88. The molecule has 0 bridgehead atoms. The third-order valence-electron chi connectivity index (χ3n) is 3.38. The van der Waals surface area contributed by atoms with Gasteiger partial charge in [-0.15, -0.1) is 11.3 Å². The molecule has 0 saturated carbocycles. The first-order valence-electron chi connectivity index (χ1n) is 6.10. The number of likely N-dealkylation sites (tertiary alicyclic amines) is 1. The van der Waals surface area contributed by atoms with Crippen molar-refractivity contribution in [2.75, 3.05) is 19.6 Å². The molecule has 1 atom stereocenters. The van der Waals surface area contributed by atoms with E-state index in [0.29, 0.717) is 12.5 Å². The van der Waals surface area contributed by atoms with Gasteiger partial charge in [0.1, 0.15) is 0 Å². The Kier molecular flexibility index (Phi) is 4.12.